The Hall–Kier alpha value is -2.06. The molecule has 25 heavy (non-hydrogen) atoms. The van der Waals surface area contributed by atoms with E-state index in [1.54, 1.807) is 11.7 Å². The molecule has 7 nitrogen and oxygen atoms in total. The number of hydrogen-bond acceptors (Lipinski definition) is 7. The molecule has 0 aliphatic carbocycles. The number of anilines is 2. The smallest absolute Gasteiger partial charge is 0.259 e. The first-order valence-corrected chi connectivity index (χ1v) is 9.67. The van der Waals surface area contributed by atoms with Gasteiger partial charge in [-0.25, -0.2) is 4.98 Å². The summed E-state index contributed by atoms with van der Waals surface area (Å²) in [5, 5.41) is 10.7. The molecular formula is C17H22N6OS. The monoisotopic (exact) mass is 358 g/mol. The van der Waals surface area contributed by atoms with Gasteiger partial charge in [-0.05, 0) is 50.4 Å². The van der Waals surface area contributed by atoms with Crippen LogP contribution in [0.5, 0.6) is 0 Å². The van der Waals surface area contributed by atoms with Crippen LogP contribution in [0.2, 0.25) is 0 Å². The van der Waals surface area contributed by atoms with Gasteiger partial charge in [0.1, 0.15) is 11.3 Å². The quantitative estimate of drug-likeness (QED) is 0.882. The standard InChI is InChI=1S/C17H22N6OS/c24-16(20-17-21-19-12-25-17)14-3-4-15(18-9-14)23-8-5-13(11-23)10-22-6-1-2-7-22/h3-4,9,12-13H,1-2,5-8,10-11H2,(H,20,21,24). The van der Waals surface area contributed by atoms with Gasteiger partial charge in [-0.2, -0.15) is 0 Å². The van der Waals surface area contributed by atoms with Crippen molar-refractivity contribution in [3.8, 4) is 0 Å². The van der Waals surface area contributed by atoms with Crippen molar-refractivity contribution in [1.29, 1.82) is 0 Å². The molecule has 1 unspecified atom stereocenters. The molecule has 0 spiro atoms. The molecule has 4 rings (SSSR count). The third-order valence-corrected chi connectivity index (χ3v) is 5.52. The Morgan fingerprint density at radius 2 is 2.16 bits per heavy atom. The number of nitrogens with zero attached hydrogens (tertiary/aromatic N) is 5. The van der Waals surface area contributed by atoms with Gasteiger partial charge in [0.2, 0.25) is 5.13 Å². The number of aromatic nitrogens is 3. The Morgan fingerprint density at radius 3 is 2.88 bits per heavy atom. The lowest BCUT2D eigenvalue weighted by Gasteiger charge is -2.21. The van der Waals surface area contributed by atoms with Crippen LogP contribution in [0.3, 0.4) is 0 Å². The predicted octanol–water partition coefficient (Wildman–Crippen LogP) is 2.11. The van der Waals surface area contributed by atoms with E-state index in [0.29, 0.717) is 10.7 Å². The molecule has 0 bridgehead atoms. The van der Waals surface area contributed by atoms with Crippen LogP contribution < -0.4 is 10.2 Å². The van der Waals surface area contributed by atoms with Gasteiger partial charge in [0.25, 0.3) is 5.91 Å². The van der Waals surface area contributed by atoms with Crippen molar-refractivity contribution in [1.82, 2.24) is 20.1 Å². The number of nitrogens with one attached hydrogen (secondary N) is 1. The van der Waals surface area contributed by atoms with Gasteiger partial charge < -0.3 is 9.80 Å². The number of hydrogen-bond donors (Lipinski definition) is 1. The van der Waals surface area contributed by atoms with E-state index in [-0.39, 0.29) is 5.91 Å². The SMILES string of the molecule is O=C(Nc1nncs1)c1ccc(N2CCC(CN3CCCC3)C2)nc1. The van der Waals surface area contributed by atoms with Gasteiger partial charge in [-0.15, -0.1) is 10.2 Å². The summed E-state index contributed by atoms with van der Waals surface area (Å²) in [4.78, 5) is 21.6. The lowest BCUT2D eigenvalue weighted by Crippen LogP contribution is -2.29. The normalized spacial score (nSPS) is 21.0. The molecule has 1 N–H and O–H groups in total. The topological polar surface area (TPSA) is 74.2 Å². The zero-order valence-corrected chi connectivity index (χ0v) is 14.9. The number of carbonyl (C=O) groups is 1. The van der Waals surface area contributed by atoms with Crippen LogP contribution in [0.4, 0.5) is 10.9 Å². The maximum Gasteiger partial charge on any atom is 0.259 e. The van der Waals surface area contributed by atoms with E-state index in [2.05, 4.69) is 30.3 Å². The zero-order valence-electron chi connectivity index (χ0n) is 14.1. The van der Waals surface area contributed by atoms with Crippen molar-refractivity contribution < 1.29 is 4.79 Å². The molecule has 2 saturated heterocycles. The van der Waals surface area contributed by atoms with Crippen LogP contribution in [0.25, 0.3) is 0 Å². The number of amides is 1. The van der Waals surface area contributed by atoms with E-state index >= 15 is 0 Å². The van der Waals surface area contributed by atoms with Crippen LogP contribution in [0, 0.1) is 5.92 Å². The van der Waals surface area contributed by atoms with Gasteiger partial charge >= 0.3 is 0 Å². The Balaban J connectivity index is 1.33. The predicted molar refractivity (Wildman–Crippen MR) is 98.1 cm³/mol. The first-order chi connectivity index (χ1) is 12.3. The summed E-state index contributed by atoms with van der Waals surface area (Å²) in [5.41, 5.74) is 2.12. The van der Waals surface area contributed by atoms with Crippen LogP contribution >= 0.6 is 11.3 Å². The molecule has 0 radical (unpaired) electrons. The maximum atomic E-state index is 12.2. The third-order valence-electron chi connectivity index (χ3n) is 4.92. The second-order valence-electron chi connectivity index (χ2n) is 6.71. The van der Waals surface area contributed by atoms with Crippen LogP contribution in [0.1, 0.15) is 29.6 Å². The van der Waals surface area contributed by atoms with Crippen molar-refractivity contribution in [3.63, 3.8) is 0 Å². The van der Waals surface area contributed by atoms with E-state index in [1.165, 1.54) is 50.2 Å². The molecule has 1 atom stereocenters. The highest BCUT2D eigenvalue weighted by atomic mass is 32.1. The summed E-state index contributed by atoms with van der Waals surface area (Å²) in [5.74, 6) is 1.47. The molecule has 2 aromatic heterocycles. The number of likely N-dealkylation sites (tertiary alicyclic amines) is 1. The van der Waals surface area contributed by atoms with Gasteiger partial charge in [0.05, 0.1) is 5.56 Å². The molecule has 2 aliphatic rings. The largest absolute Gasteiger partial charge is 0.356 e. The van der Waals surface area contributed by atoms with Crippen molar-refractivity contribution in [3.05, 3.63) is 29.4 Å². The molecule has 4 heterocycles. The van der Waals surface area contributed by atoms with Crippen molar-refractivity contribution >= 4 is 28.2 Å². The van der Waals surface area contributed by atoms with Crippen molar-refractivity contribution in [2.75, 3.05) is 42.9 Å². The summed E-state index contributed by atoms with van der Waals surface area (Å²) in [7, 11) is 0. The van der Waals surface area contributed by atoms with Gasteiger partial charge in [-0.1, -0.05) is 11.3 Å². The van der Waals surface area contributed by atoms with E-state index in [1.807, 2.05) is 12.1 Å². The lowest BCUT2D eigenvalue weighted by atomic mass is 10.1. The summed E-state index contributed by atoms with van der Waals surface area (Å²) < 4.78 is 0. The van der Waals surface area contributed by atoms with Gasteiger partial charge in [0, 0.05) is 25.8 Å². The molecular weight excluding hydrogens is 336 g/mol. The minimum atomic E-state index is -0.205. The number of pyridine rings is 1. The summed E-state index contributed by atoms with van der Waals surface area (Å²) in [6, 6.07) is 3.76. The number of rotatable bonds is 5. The minimum absolute atomic E-state index is 0.205. The molecule has 0 aromatic carbocycles. The van der Waals surface area contributed by atoms with E-state index in [9.17, 15) is 4.79 Å². The van der Waals surface area contributed by atoms with Crippen LogP contribution in [-0.4, -0.2) is 58.7 Å². The Labute approximate surface area is 151 Å². The second kappa shape index (κ2) is 7.45. The first kappa shape index (κ1) is 16.4. The van der Waals surface area contributed by atoms with Crippen molar-refractivity contribution in [2.45, 2.75) is 19.3 Å². The molecule has 0 saturated carbocycles. The van der Waals surface area contributed by atoms with Crippen molar-refractivity contribution in [2.24, 2.45) is 5.92 Å². The third kappa shape index (κ3) is 3.96. The summed E-state index contributed by atoms with van der Waals surface area (Å²) in [6.45, 7) is 5.82. The fourth-order valence-corrected chi connectivity index (χ4v) is 4.06. The zero-order chi connectivity index (χ0) is 17.1. The average Bonchev–Trinajstić information content (AvgIpc) is 3.38. The fourth-order valence-electron chi connectivity index (χ4n) is 3.62. The highest BCUT2D eigenvalue weighted by Gasteiger charge is 2.26. The summed E-state index contributed by atoms with van der Waals surface area (Å²) in [6.07, 6.45) is 5.55. The average molecular weight is 358 g/mol. The molecule has 2 aliphatic heterocycles. The highest BCUT2D eigenvalue weighted by molar-refractivity contribution is 7.13. The lowest BCUT2D eigenvalue weighted by molar-refractivity contribution is 0.102. The Bertz CT molecular complexity index is 698. The maximum absolute atomic E-state index is 12.2. The summed E-state index contributed by atoms with van der Waals surface area (Å²) >= 11 is 1.30. The molecule has 2 fully saturated rings. The highest BCUT2D eigenvalue weighted by Crippen LogP contribution is 2.24. The second-order valence-corrected chi connectivity index (χ2v) is 7.54. The van der Waals surface area contributed by atoms with E-state index < -0.39 is 0 Å². The van der Waals surface area contributed by atoms with E-state index in [4.69, 9.17) is 0 Å². The fraction of sp³-hybridized carbons (Fsp3) is 0.529. The molecule has 2 aromatic rings. The molecule has 132 valence electrons. The Kier molecular flexibility index (Phi) is 4.89. The molecule has 1 amide bonds. The number of carbonyl (C=O) groups excluding carboxylic acids is 1. The molecule has 8 heteroatoms. The Morgan fingerprint density at radius 1 is 1.28 bits per heavy atom. The van der Waals surface area contributed by atoms with Gasteiger partial charge in [-0.3, -0.25) is 10.1 Å². The first-order valence-electron chi connectivity index (χ1n) is 8.79. The van der Waals surface area contributed by atoms with Crippen LogP contribution in [0.15, 0.2) is 23.8 Å². The van der Waals surface area contributed by atoms with E-state index in [0.717, 1.165) is 24.8 Å². The van der Waals surface area contributed by atoms with Crippen LogP contribution in [-0.2, 0) is 0 Å². The minimum Gasteiger partial charge on any atom is -0.356 e. The van der Waals surface area contributed by atoms with Gasteiger partial charge in [0.15, 0.2) is 0 Å².